The number of allylic oxidation sites excluding steroid dienone is 12. The van der Waals surface area contributed by atoms with E-state index in [0.29, 0.717) is 59.7 Å². The molecule has 19 nitrogen and oxygen atoms in total. The lowest BCUT2D eigenvalue weighted by atomic mass is 9.46. The molecule has 0 spiro atoms. The largest absolute Gasteiger partial charge is 0.618 e. The summed E-state index contributed by atoms with van der Waals surface area (Å²) < 4.78 is 69.2. The first-order valence-electron chi connectivity index (χ1n) is 37.4. The zero-order valence-corrected chi connectivity index (χ0v) is 63.4. The number of pyridine rings is 1. The molecule has 12 aliphatic carbocycles. The molecule has 3 aromatic heterocycles. The molecular formula is C81H92F5N5O14S3. The van der Waals surface area contributed by atoms with E-state index in [-0.39, 0.29) is 129 Å². The van der Waals surface area contributed by atoms with Gasteiger partial charge in [-0.1, -0.05) is 100 Å². The Morgan fingerprint density at radius 3 is 1.44 bits per heavy atom. The number of rotatable bonds is 14. The highest BCUT2D eigenvalue weighted by molar-refractivity contribution is 8.00. The summed E-state index contributed by atoms with van der Waals surface area (Å²) in [6.45, 7) is 9.13. The van der Waals surface area contributed by atoms with Crippen molar-refractivity contribution in [1.82, 2.24) is 19.9 Å². The number of aliphatic hydroxyl groups excluding tert-OH is 3. The number of ketones is 6. The monoisotopic (exact) mass is 1550 g/mol. The summed E-state index contributed by atoms with van der Waals surface area (Å²) in [5.74, 6) is -0.986. The van der Waals surface area contributed by atoms with Crippen molar-refractivity contribution in [1.29, 1.82) is 0 Å². The Kier molecular flexibility index (Phi) is 20.5. The molecular weight excluding hydrogens is 1460 g/mol. The van der Waals surface area contributed by atoms with Gasteiger partial charge in [-0.2, -0.15) is 26.7 Å². The van der Waals surface area contributed by atoms with Crippen molar-refractivity contribution in [3.63, 3.8) is 0 Å². The van der Waals surface area contributed by atoms with Gasteiger partial charge in [-0.05, 0) is 204 Å². The second kappa shape index (κ2) is 28.3. The first kappa shape index (κ1) is 78.1. The Bertz CT molecular complexity index is 4530. The van der Waals surface area contributed by atoms with Crippen LogP contribution in [0.1, 0.15) is 144 Å². The zero-order chi connectivity index (χ0) is 77.4. The number of carbonyl (C=O) groups is 6. The number of hydrogen-bond acceptors (Lipinski definition) is 20. The van der Waals surface area contributed by atoms with Crippen molar-refractivity contribution in [3.05, 3.63) is 137 Å². The summed E-state index contributed by atoms with van der Waals surface area (Å²) in [5, 5.41) is 82.5. The second-order valence-corrected chi connectivity index (χ2v) is 36.6. The molecule has 578 valence electrons. The highest BCUT2D eigenvalue weighted by Crippen LogP contribution is 2.71. The lowest BCUT2D eigenvalue weighted by Crippen LogP contribution is -2.61. The smallest absolute Gasteiger partial charge is 0.433 e. The molecule has 15 unspecified atom stereocenters. The maximum atomic E-state index is 13.6. The van der Waals surface area contributed by atoms with Gasteiger partial charge in [-0.3, -0.25) is 28.8 Å². The Labute approximate surface area is 635 Å². The van der Waals surface area contributed by atoms with Gasteiger partial charge in [0.1, 0.15) is 28.2 Å². The van der Waals surface area contributed by atoms with E-state index >= 15 is 0 Å². The number of benzene rings is 1. The van der Waals surface area contributed by atoms with Crippen molar-refractivity contribution >= 4 is 81.0 Å². The minimum absolute atomic E-state index is 0.000870. The Balaban J connectivity index is 0.000000136. The molecule has 7 N–H and O–H groups in total. The van der Waals surface area contributed by atoms with Crippen molar-refractivity contribution in [2.75, 3.05) is 17.3 Å². The van der Waals surface area contributed by atoms with Crippen LogP contribution >= 0.6 is 35.3 Å². The number of nitrogens with one attached hydrogen (secondary N) is 1. The number of thioether (sulfide) groups is 3. The van der Waals surface area contributed by atoms with Crippen LogP contribution in [-0.4, -0.2) is 144 Å². The van der Waals surface area contributed by atoms with Crippen LogP contribution in [0.25, 0.3) is 11.0 Å². The van der Waals surface area contributed by atoms with Crippen molar-refractivity contribution in [3.8, 4) is 5.75 Å². The van der Waals surface area contributed by atoms with Gasteiger partial charge >= 0.3 is 12.8 Å². The number of imidazole rings is 1. The van der Waals surface area contributed by atoms with E-state index in [0.717, 1.165) is 114 Å². The number of Topliss-reactive ketones (excluding diaryl/α,β-unsaturated/α-hetero) is 3. The number of aliphatic hydroxyl groups is 6. The summed E-state index contributed by atoms with van der Waals surface area (Å²) in [5.41, 5.74) is -5.21. The van der Waals surface area contributed by atoms with Crippen molar-refractivity contribution < 1.29 is 90.8 Å². The maximum Gasteiger partial charge on any atom is 0.433 e. The molecule has 3 heterocycles. The first-order valence-corrected chi connectivity index (χ1v) is 40.4. The van der Waals surface area contributed by atoms with Gasteiger partial charge in [0.15, 0.2) is 51.2 Å². The van der Waals surface area contributed by atoms with Crippen LogP contribution in [-0.2, 0) is 34.9 Å². The summed E-state index contributed by atoms with van der Waals surface area (Å²) in [6, 6.07) is 10.2. The molecule has 0 amide bonds. The van der Waals surface area contributed by atoms with Gasteiger partial charge in [0, 0.05) is 74.6 Å². The van der Waals surface area contributed by atoms with Crippen LogP contribution in [0.3, 0.4) is 0 Å². The fourth-order valence-electron chi connectivity index (χ4n) is 23.4. The van der Waals surface area contributed by atoms with Gasteiger partial charge in [0.2, 0.25) is 0 Å². The molecule has 1 aromatic carbocycles. The quantitative estimate of drug-likeness (QED) is 0.0203. The second-order valence-electron chi connectivity index (χ2n) is 33.7. The Hall–Kier alpha value is -6.56. The van der Waals surface area contributed by atoms with Gasteiger partial charge in [-0.25, -0.2) is 15.0 Å². The van der Waals surface area contributed by atoms with Crippen LogP contribution in [0, 0.1) is 91.0 Å². The molecule has 9 fully saturated rings. The number of H-pyrrole nitrogens is 1. The van der Waals surface area contributed by atoms with Crippen LogP contribution in [0.4, 0.5) is 22.0 Å². The number of aromatic nitrogens is 5. The maximum absolute atomic E-state index is 13.6. The standard InChI is InChI=1S/C29H32F2N2O5S.C26H29F3N2O4S.C26H31NO5S/c1-27-9-7-16(34)11-15(27)3-5-18-19-8-10-29(37,28(19,2)13-22(35)24(18)27)23(36)14-39-26-32-20-6-4-17(38-25(30)31)12-21(20)33-26;1-23-8-5-15(32)11-14(23)3-4-16-17-6-9-25(35,24(17,2)12-18(33)21(16)23)20(34)13-36-22-30-10-7-19(31-22)26(27,28)29;1-24-10-8-17(28)13-16(24)6-7-18-19-9-11-26(31,25(19,2)14-20(29)23(18)24)21(30)15-33-22-5-3-4-12-27(22)32/h4,6-7,9,11-12,18-19,22,24-25,35,37H,3,5,8,10,13-14H2,1-2H3,(H,32,33);5,7-8,10-11,16-18,21,33,35H,3-4,6,9,12-13H2,1-2H3;3-5,8,10,12-13,18-20,23,29,31H,6-7,9,11,14-15H2,1-2H3/t18?,19?,22-,24?,27?,28?,29-;16?,17?,18-,21?,23?,24?,25-;18?,19?,20-,23?,24?,25?,26-/m000/s1. The van der Waals surface area contributed by atoms with E-state index in [1.165, 1.54) is 18.3 Å². The van der Waals surface area contributed by atoms with Crippen LogP contribution in [0.2, 0.25) is 0 Å². The molecule has 0 saturated heterocycles. The number of aromatic amines is 1. The molecule has 108 heavy (non-hydrogen) atoms. The Morgan fingerprint density at radius 1 is 0.602 bits per heavy atom. The molecule has 0 bridgehead atoms. The molecule has 21 atom stereocenters. The van der Waals surface area contributed by atoms with Crippen LogP contribution < -0.4 is 9.47 Å². The third-order valence-electron chi connectivity index (χ3n) is 28.7. The summed E-state index contributed by atoms with van der Waals surface area (Å²) in [7, 11) is 0. The molecule has 12 aliphatic rings. The van der Waals surface area contributed by atoms with E-state index in [2.05, 4.69) is 45.4 Å². The molecule has 9 saturated carbocycles. The number of halogens is 5. The SMILES string of the molecule is CC12C=CC(=O)C=C1CCC1C2[C@@H](O)CC2(C)C1CC[C@]2(O)C(=O)CSc1cccc[n+]1[O-].CC12C=CC(=O)C=C1CCC1C2[C@@H](O)CC2(C)C1CC[C@]2(O)C(=O)CSc1nc2ccc(OC(F)F)cc2[nH]1.CC12C=CC(=O)C=C1CCC1C2[C@@H](O)CC2(C)C1CC[C@]2(O)C(=O)CSc1nccc(C(F)(F)F)n1. The molecule has 0 radical (unpaired) electrons. The van der Waals surface area contributed by atoms with E-state index < -0.39 is 86.5 Å². The first-order chi connectivity index (χ1) is 50.8. The van der Waals surface area contributed by atoms with Crippen LogP contribution in [0.15, 0.2) is 142 Å². The highest BCUT2D eigenvalue weighted by atomic mass is 32.2. The van der Waals surface area contributed by atoms with E-state index in [1.54, 1.807) is 60.7 Å². The molecule has 27 heteroatoms. The average molecular weight is 1550 g/mol. The third kappa shape index (κ3) is 12.9. The van der Waals surface area contributed by atoms with E-state index in [1.807, 2.05) is 39.0 Å². The number of ether oxygens (including phenoxy) is 1. The minimum Gasteiger partial charge on any atom is -0.618 e. The number of nitrogens with zero attached hydrogens (tertiary/aromatic N) is 4. The lowest BCUT2D eigenvalue weighted by Gasteiger charge is -2.59. The fourth-order valence-corrected chi connectivity index (χ4v) is 26.0. The number of alkyl halides is 5. The summed E-state index contributed by atoms with van der Waals surface area (Å²) in [4.78, 5) is 91.1. The number of carbonyl (C=O) groups excluding carboxylic acids is 6. The fraction of sp³-hybridized carbons (Fsp3) is 0.580. The van der Waals surface area contributed by atoms with Gasteiger partial charge < -0.3 is 45.6 Å². The van der Waals surface area contributed by atoms with Crippen LogP contribution in [0.5, 0.6) is 5.75 Å². The van der Waals surface area contributed by atoms with Gasteiger partial charge in [-0.15, -0.1) is 0 Å². The van der Waals surface area contributed by atoms with Crippen molar-refractivity contribution in [2.45, 2.75) is 201 Å². The zero-order valence-electron chi connectivity index (χ0n) is 61.0. The van der Waals surface area contributed by atoms with Gasteiger partial charge in [0.25, 0.3) is 5.03 Å². The minimum atomic E-state index is -4.62. The van der Waals surface area contributed by atoms with E-state index in [9.17, 15) is 86.6 Å². The summed E-state index contributed by atoms with van der Waals surface area (Å²) in [6.07, 6.45) is 20.0. The predicted octanol–water partition coefficient (Wildman–Crippen LogP) is 12.0. The molecule has 0 aliphatic heterocycles. The van der Waals surface area contributed by atoms with Gasteiger partial charge in [0.05, 0.1) is 46.6 Å². The summed E-state index contributed by atoms with van der Waals surface area (Å²) >= 11 is 3.08. The predicted molar refractivity (Wildman–Crippen MR) is 391 cm³/mol. The lowest BCUT2D eigenvalue weighted by molar-refractivity contribution is -0.645. The normalized spacial score (nSPS) is 39.5. The third-order valence-corrected chi connectivity index (χ3v) is 31.5. The average Bonchev–Trinajstić information content (AvgIpc) is 1.46. The van der Waals surface area contributed by atoms with E-state index in [4.69, 9.17) is 0 Å². The number of fused-ring (bicyclic) bond motifs is 16. The molecule has 16 rings (SSSR count). The topological polar surface area (TPSA) is 314 Å². The van der Waals surface area contributed by atoms with Crippen molar-refractivity contribution in [2.24, 2.45) is 85.8 Å². The number of hydrogen-bond donors (Lipinski definition) is 7. The highest BCUT2D eigenvalue weighted by Gasteiger charge is 2.72. The molecule has 4 aromatic rings. The Morgan fingerprint density at radius 2 is 1.03 bits per heavy atom.